The molecule has 1 amide bonds. The van der Waals surface area contributed by atoms with Gasteiger partial charge in [0.1, 0.15) is 0 Å². The van der Waals surface area contributed by atoms with Gasteiger partial charge in [0, 0.05) is 9.26 Å². The molecular weight excluding hydrogens is 563 g/mol. The van der Waals surface area contributed by atoms with Crippen molar-refractivity contribution in [3.63, 3.8) is 0 Å². The van der Waals surface area contributed by atoms with Crippen molar-refractivity contribution in [3.8, 4) is 0 Å². The number of carbonyl (C=O) groups is 2. The van der Waals surface area contributed by atoms with Gasteiger partial charge in [0.2, 0.25) is 0 Å². The number of carbonyl (C=O) groups excluding carboxylic acids is 2. The molecule has 0 atom stereocenters. The fourth-order valence-electron chi connectivity index (χ4n) is 3.67. The van der Waals surface area contributed by atoms with Gasteiger partial charge in [-0.25, -0.2) is 18.6 Å². The Hall–Kier alpha value is -3.12. The van der Waals surface area contributed by atoms with Crippen molar-refractivity contribution in [1.82, 2.24) is 4.98 Å². The third kappa shape index (κ3) is 3.82. The van der Waals surface area contributed by atoms with Gasteiger partial charge in [0.25, 0.3) is 5.91 Å². The van der Waals surface area contributed by atoms with Crippen LogP contribution in [0.3, 0.4) is 0 Å². The van der Waals surface area contributed by atoms with Crippen LogP contribution in [0, 0.1) is 22.1 Å². The zero-order chi connectivity index (χ0) is 23.3. The first-order chi connectivity index (χ1) is 15.8. The van der Waals surface area contributed by atoms with Crippen molar-refractivity contribution in [2.75, 3.05) is 16.9 Å². The summed E-state index contributed by atoms with van der Waals surface area (Å²) >= 11 is 3.35. The van der Waals surface area contributed by atoms with Crippen molar-refractivity contribution in [2.24, 2.45) is 0 Å². The van der Waals surface area contributed by atoms with Crippen molar-refractivity contribution in [1.29, 1.82) is 0 Å². The van der Waals surface area contributed by atoms with Crippen molar-refractivity contribution in [3.05, 3.63) is 80.4 Å². The molecule has 1 aromatic heterocycles. The Morgan fingerprint density at radius 2 is 1.97 bits per heavy atom. The van der Waals surface area contributed by atoms with E-state index in [-0.39, 0.29) is 23.1 Å². The first-order valence-electron chi connectivity index (χ1n) is 9.73. The molecule has 0 spiro atoms. The Morgan fingerprint density at radius 3 is 2.73 bits per heavy atom. The third-order valence-electron chi connectivity index (χ3n) is 5.20. The van der Waals surface area contributed by atoms with Crippen molar-refractivity contribution >= 4 is 72.5 Å². The number of thiazole rings is 1. The van der Waals surface area contributed by atoms with Crippen LogP contribution >= 0.6 is 33.9 Å². The Morgan fingerprint density at radius 1 is 1.18 bits per heavy atom. The Bertz CT molecular complexity index is 1420. The lowest BCUT2D eigenvalue weighted by Gasteiger charge is -2.32. The predicted octanol–water partition coefficient (Wildman–Crippen LogP) is 6.01. The minimum atomic E-state index is -1.35. The van der Waals surface area contributed by atoms with Crippen LogP contribution < -0.4 is 10.2 Å². The molecule has 0 saturated heterocycles. The molecular formula is C23H14F2IN3O3S. The highest BCUT2D eigenvalue weighted by atomic mass is 127. The van der Waals surface area contributed by atoms with Crippen LogP contribution in [-0.2, 0) is 4.74 Å². The van der Waals surface area contributed by atoms with E-state index in [2.05, 4.69) is 32.9 Å². The number of aryl methyl sites for hydroxylation is 1. The van der Waals surface area contributed by atoms with E-state index in [9.17, 15) is 9.59 Å². The smallest absolute Gasteiger partial charge is 0.342 e. The van der Waals surface area contributed by atoms with Crippen LogP contribution in [0.25, 0.3) is 10.2 Å². The number of esters is 1. The lowest BCUT2D eigenvalue weighted by Crippen LogP contribution is -2.33. The fraction of sp³-hybridized carbons (Fsp3) is 0.0870. The maximum atomic E-state index is 15.3. The summed E-state index contributed by atoms with van der Waals surface area (Å²) < 4.78 is 37.4. The normalized spacial score (nSPS) is 13.1. The minimum Gasteiger partial charge on any atom is -0.440 e. The van der Waals surface area contributed by atoms with Gasteiger partial charge in [-0.3, -0.25) is 10.1 Å². The number of nitrogens with one attached hydrogen (secondary N) is 1. The average Bonchev–Trinajstić information content (AvgIpc) is 3.19. The summed E-state index contributed by atoms with van der Waals surface area (Å²) in [4.78, 5) is 30.9. The van der Waals surface area contributed by atoms with E-state index in [1.54, 1.807) is 18.2 Å². The maximum absolute atomic E-state index is 15.3. The Balaban J connectivity index is 1.56. The molecule has 0 bridgehead atoms. The van der Waals surface area contributed by atoms with E-state index in [0.717, 1.165) is 19.9 Å². The summed E-state index contributed by atoms with van der Waals surface area (Å²) in [5.41, 5.74) is 0.931. The number of hydrogen-bond acceptors (Lipinski definition) is 6. The molecule has 6 nitrogen and oxygen atoms in total. The van der Waals surface area contributed by atoms with Crippen LogP contribution in [0.4, 0.5) is 25.3 Å². The van der Waals surface area contributed by atoms with Crippen LogP contribution in [0.5, 0.6) is 0 Å². The molecule has 4 aromatic rings. The van der Waals surface area contributed by atoms with Gasteiger partial charge in [0.05, 0.1) is 27.0 Å². The SMILES string of the molecule is Cc1cc(I)ccc1N1COC(=O)c2cc(C(=O)Nc3nc4ccccc4s3)c(F)c(F)c21. The highest BCUT2D eigenvalue weighted by Crippen LogP contribution is 2.39. The summed E-state index contributed by atoms with van der Waals surface area (Å²) in [6, 6.07) is 13.7. The Labute approximate surface area is 204 Å². The number of fused-ring (bicyclic) bond motifs is 2. The van der Waals surface area contributed by atoms with Gasteiger partial charge in [-0.2, -0.15) is 0 Å². The van der Waals surface area contributed by atoms with Gasteiger partial charge in [-0.05, 0) is 71.5 Å². The van der Waals surface area contributed by atoms with Crippen LogP contribution in [0.2, 0.25) is 0 Å². The molecule has 0 radical (unpaired) electrons. The standard InChI is InChI=1S/C23H14F2IN3O3S/c1-11-8-12(26)6-7-16(11)29-10-32-22(31)14-9-13(18(24)19(25)20(14)29)21(30)28-23-27-15-4-2-3-5-17(15)33-23/h2-9H,10H2,1H3,(H,27,28,30). The second-order valence-corrected chi connectivity index (χ2v) is 9.59. The second-order valence-electron chi connectivity index (χ2n) is 7.31. The first-order valence-corrected chi connectivity index (χ1v) is 11.6. The molecule has 1 N–H and O–H groups in total. The molecule has 3 aromatic carbocycles. The molecule has 0 unspecified atom stereocenters. The molecule has 0 aliphatic carbocycles. The number of benzene rings is 3. The largest absolute Gasteiger partial charge is 0.440 e. The number of rotatable bonds is 3. The van der Waals surface area contributed by atoms with E-state index in [1.165, 1.54) is 16.2 Å². The molecule has 0 saturated carbocycles. The van der Waals surface area contributed by atoms with E-state index >= 15 is 8.78 Å². The number of hydrogen-bond donors (Lipinski definition) is 1. The number of nitrogens with zero attached hydrogens (tertiary/aromatic N) is 2. The summed E-state index contributed by atoms with van der Waals surface area (Å²) in [6.07, 6.45) is 0. The molecule has 5 rings (SSSR count). The van der Waals surface area contributed by atoms with Crippen LogP contribution in [0.1, 0.15) is 26.3 Å². The molecule has 166 valence electrons. The number of halogens is 3. The predicted molar refractivity (Wildman–Crippen MR) is 130 cm³/mol. The van der Waals surface area contributed by atoms with E-state index in [0.29, 0.717) is 11.2 Å². The lowest BCUT2D eigenvalue weighted by molar-refractivity contribution is 0.0491. The third-order valence-corrected chi connectivity index (χ3v) is 6.83. The van der Waals surface area contributed by atoms with Gasteiger partial charge in [0.15, 0.2) is 23.5 Å². The monoisotopic (exact) mass is 577 g/mol. The van der Waals surface area contributed by atoms with Gasteiger partial charge < -0.3 is 9.64 Å². The molecule has 33 heavy (non-hydrogen) atoms. The van der Waals surface area contributed by atoms with Crippen molar-refractivity contribution in [2.45, 2.75) is 6.92 Å². The summed E-state index contributed by atoms with van der Waals surface area (Å²) in [5.74, 6) is -4.40. The van der Waals surface area contributed by atoms with E-state index < -0.39 is 29.1 Å². The number of amides is 1. The second kappa shape index (κ2) is 8.34. The van der Waals surface area contributed by atoms with E-state index in [1.807, 2.05) is 31.2 Å². The van der Waals surface area contributed by atoms with Gasteiger partial charge >= 0.3 is 5.97 Å². The Kier molecular flexibility index (Phi) is 5.49. The molecule has 2 heterocycles. The number of cyclic esters (lactones) is 1. The average molecular weight is 577 g/mol. The fourth-order valence-corrected chi connectivity index (χ4v) is 5.18. The van der Waals surface area contributed by atoms with Crippen LogP contribution in [0.15, 0.2) is 48.5 Å². The number of ether oxygens (including phenoxy) is 1. The lowest BCUT2D eigenvalue weighted by atomic mass is 10.0. The molecule has 1 aliphatic rings. The number of para-hydroxylation sites is 1. The summed E-state index contributed by atoms with van der Waals surface area (Å²) in [6.45, 7) is 1.54. The zero-order valence-electron chi connectivity index (χ0n) is 17.0. The van der Waals surface area contributed by atoms with Gasteiger partial charge in [-0.1, -0.05) is 23.5 Å². The maximum Gasteiger partial charge on any atom is 0.342 e. The molecule has 1 aliphatic heterocycles. The zero-order valence-corrected chi connectivity index (χ0v) is 20.0. The van der Waals surface area contributed by atoms with Crippen LogP contribution in [-0.4, -0.2) is 23.6 Å². The van der Waals surface area contributed by atoms with Crippen molar-refractivity contribution < 1.29 is 23.1 Å². The summed E-state index contributed by atoms with van der Waals surface area (Å²) in [5, 5.41) is 2.72. The minimum absolute atomic E-state index is 0.229. The van der Waals surface area contributed by atoms with Gasteiger partial charge in [-0.15, -0.1) is 0 Å². The summed E-state index contributed by atoms with van der Waals surface area (Å²) in [7, 11) is 0. The number of anilines is 3. The number of aromatic nitrogens is 1. The first kappa shape index (κ1) is 21.7. The highest BCUT2D eigenvalue weighted by molar-refractivity contribution is 14.1. The highest BCUT2D eigenvalue weighted by Gasteiger charge is 2.34. The topological polar surface area (TPSA) is 71.5 Å². The molecule has 0 fully saturated rings. The molecule has 10 heteroatoms. The quantitative estimate of drug-likeness (QED) is 0.239. The van der Waals surface area contributed by atoms with E-state index in [4.69, 9.17) is 4.74 Å².